The molecule has 0 saturated carbocycles. The fourth-order valence-electron chi connectivity index (χ4n) is 2.41. The van der Waals surface area contributed by atoms with Crippen molar-refractivity contribution in [2.75, 3.05) is 32.9 Å². The highest BCUT2D eigenvalue weighted by molar-refractivity contribution is 6.09. The molecule has 2 aromatic carbocycles. The monoisotopic (exact) mass is 367 g/mol. The summed E-state index contributed by atoms with van der Waals surface area (Å²) in [6, 6.07) is 14.2. The summed E-state index contributed by atoms with van der Waals surface area (Å²) in [7, 11) is 0. The molecule has 5 heteroatoms. The lowest BCUT2D eigenvalue weighted by Crippen LogP contribution is -2.24. The minimum Gasteiger partial charge on any atom is -0.494 e. The van der Waals surface area contributed by atoms with E-state index in [4.69, 9.17) is 21.0 Å². The number of ether oxygens (including phenoxy) is 2. The number of aliphatic hydroxyl groups is 1. The fourth-order valence-corrected chi connectivity index (χ4v) is 2.41. The van der Waals surface area contributed by atoms with Gasteiger partial charge in [-0.3, -0.25) is 4.79 Å². The molecule has 27 heavy (non-hydrogen) atoms. The van der Waals surface area contributed by atoms with E-state index in [9.17, 15) is 4.79 Å². The normalized spacial score (nSPS) is 10.2. The van der Waals surface area contributed by atoms with Crippen molar-refractivity contribution in [2.24, 2.45) is 0 Å². The summed E-state index contributed by atoms with van der Waals surface area (Å²) in [6.07, 6.45) is 6.70. The van der Waals surface area contributed by atoms with E-state index < -0.39 is 0 Å². The molecular formula is C22H25NO4. The first-order chi connectivity index (χ1) is 13.2. The topological polar surface area (TPSA) is 67.8 Å². The van der Waals surface area contributed by atoms with Crippen LogP contribution in [-0.2, 0) is 0 Å². The number of carbonyl (C=O) groups is 1. The zero-order valence-electron chi connectivity index (χ0n) is 15.3. The van der Waals surface area contributed by atoms with Gasteiger partial charge in [0.2, 0.25) is 0 Å². The maximum atomic E-state index is 12.7. The summed E-state index contributed by atoms with van der Waals surface area (Å²) in [5, 5.41) is 11.7. The van der Waals surface area contributed by atoms with Crippen LogP contribution >= 0.6 is 0 Å². The molecule has 142 valence electrons. The molecule has 0 unspecified atom stereocenters. The lowest BCUT2D eigenvalue weighted by atomic mass is 10.0. The highest BCUT2D eigenvalue weighted by atomic mass is 16.5. The van der Waals surface area contributed by atoms with Crippen molar-refractivity contribution in [2.45, 2.75) is 12.8 Å². The minimum absolute atomic E-state index is 0.0715. The molecule has 0 saturated heterocycles. The van der Waals surface area contributed by atoms with E-state index in [2.05, 4.69) is 11.2 Å². The number of rotatable bonds is 12. The second-order valence-electron chi connectivity index (χ2n) is 5.86. The lowest BCUT2D eigenvalue weighted by molar-refractivity contribution is 0.103. The number of nitrogens with one attached hydrogen (secondary N) is 1. The molecule has 0 aliphatic carbocycles. The molecule has 0 radical (unpaired) electrons. The van der Waals surface area contributed by atoms with Crippen LogP contribution in [0.1, 0.15) is 28.8 Å². The number of hydrogen-bond acceptors (Lipinski definition) is 5. The van der Waals surface area contributed by atoms with Crippen molar-refractivity contribution in [3.8, 4) is 23.8 Å². The molecule has 2 N–H and O–H groups in total. The molecule has 2 rings (SSSR count). The first-order valence-electron chi connectivity index (χ1n) is 9.00. The third-order valence-corrected chi connectivity index (χ3v) is 3.78. The summed E-state index contributed by atoms with van der Waals surface area (Å²) >= 11 is 0. The quantitative estimate of drug-likeness (QED) is 0.343. The van der Waals surface area contributed by atoms with Crippen molar-refractivity contribution in [3.63, 3.8) is 0 Å². The number of benzene rings is 2. The van der Waals surface area contributed by atoms with Crippen LogP contribution in [0.25, 0.3) is 0 Å². The Labute approximate surface area is 160 Å². The minimum atomic E-state index is -0.0715. The number of hydrogen-bond donors (Lipinski definition) is 2. The Kier molecular flexibility index (Phi) is 8.91. The highest BCUT2D eigenvalue weighted by Gasteiger charge is 2.10. The van der Waals surface area contributed by atoms with Crippen LogP contribution in [0.4, 0.5) is 0 Å². The van der Waals surface area contributed by atoms with Crippen LogP contribution in [0.2, 0.25) is 0 Å². The van der Waals surface area contributed by atoms with Crippen LogP contribution in [0, 0.1) is 12.3 Å². The lowest BCUT2D eigenvalue weighted by Gasteiger charge is -2.09. The van der Waals surface area contributed by atoms with Crippen LogP contribution in [-0.4, -0.2) is 43.8 Å². The third kappa shape index (κ3) is 7.14. The number of carbonyl (C=O) groups excluding carboxylic acids is 1. The summed E-state index contributed by atoms with van der Waals surface area (Å²) in [5.41, 5.74) is 1.16. The number of ketones is 1. The van der Waals surface area contributed by atoms with E-state index in [0.717, 1.165) is 12.2 Å². The summed E-state index contributed by atoms with van der Waals surface area (Å²) in [4.78, 5) is 12.7. The van der Waals surface area contributed by atoms with Gasteiger partial charge < -0.3 is 19.9 Å². The summed E-state index contributed by atoms with van der Waals surface area (Å²) in [6.45, 7) is 2.28. The summed E-state index contributed by atoms with van der Waals surface area (Å²) < 4.78 is 11.2. The first kappa shape index (κ1) is 20.5. The average molecular weight is 367 g/mol. The zero-order valence-corrected chi connectivity index (χ0v) is 15.3. The maximum absolute atomic E-state index is 12.7. The maximum Gasteiger partial charge on any atom is 0.193 e. The Morgan fingerprint density at radius 1 is 1.00 bits per heavy atom. The fraction of sp³-hybridized carbons (Fsp3) is 0.318. The second kappa shape index (κ2) is 11.7. The molecule has 0 amide bonds. The van der Waals surface area contributed by atoms with E-state index in [1.54, 1.807) is 42.5 Å². The van der Waals surface area contributed by atoms with Gasteiger partial charge in [0.1, 0.15) is 18.1 Å². The molecule has 0 atom stereocenters. The molecule has 0 aromatic heterocycles. The van der Waals surface area contributed by atoms with Gasteiger partial charge in [-0.25, -0.2) is 0 Å². The van der Waals surface area contributed by atoms with Gasteiger partial charge in [-0.05, 0) is 42.8 Å². The van der Waals surface area contributed by atoms with Crippen molar-refractivity contribution in [3.05, 3.63) is 59.7 Å². The molecule has 0 bridgehead atoms. The number of aliphatic hydroxyl groups excluding tert-OH is 1. The van der Waals surface area contributed by atoms with E-state index >= 15 is 0 Å². The van der Waals surface area contributed by atoms with E-state index in [1.165, 1.54) is 0 Å². The molecule has 0 aliphatic heterocycles. The molecular weight excluding hydrogens is 342 g/mol. The van der Waals surface area contributed by atoms with Crippen molar-refractivity contribution in [1.29, 1.82) is 0 Å². The van der Waals surface area contributed by atoms with Crippen LogP contribution in [0.15, 0.2) is 48.5 Å². The number of unbranched alkanes of at least 4 members (excludes halogenated alkanes) is 1. The number of terminal acetylenes is 1. The average Bonchev–Trinajstić information content (AvgIpc) is 2.71. The Balaban J connectivity index is 1.90. The molecule has 2 aromatic rings. The van der Waals surface area contributed by atoms with Gasteiger partial charge in [0.05, 0.1) is 13.2 Å². The van der Waals surface area contributed by atoms with Gasteiger partial charge in [0.25, 0.3) is 0 Å². The SMILES string of the molecule is C#CCCCOc1ccc(C(=O)c2cccc(OCCNCCO)c2)cc1. The molecule has 0 aliphatic rings. The van der Waals surface area contributed by atoms with Crippen molar-refractivity contribution >= 4 is 5.78 Å². The van der Waals surface area contributed by atoms with E-state index in [0.29, 0.717) is 49.6 Å². The highest BCUT2D eigenvalue weighted by Crippen LogP contribution is 2.19. The predicted octanol–water partition coefficient (Wildman–Crippen LogP) is 2.67. The van der Waals surface area contributed by atoms with Crippen molar-refractivity contribution < 1.29 is 19.4 Å². The summed E-state index contributed by atoms with van der Waals surface area (Å²) in [5.74, 6) is 3.86. The Morgan fingerprint density at radius 2 is 1.78 bits per heavy atom. The second-order valence-corrected chi connectivity index (χ2v) is 5.86. The zero-order chi connectivity index (χ0) is 19.3. The van der Waals surface area contributed by atoms with Gasteiger partial charge >= 0.3 is 0 Å². The first-order valence-corrected chi connectivity index (χ1v) is 9.00. The molecule has 0 heterocycles. The van der Waals surface area contributed by atoms with Crippen LogP contribution in [0.5, 0.6) is 11.5 Å². The van der Waals surface area contributed by atoms with E-state index in [-0.39, 0.29) is 12.4 Å². The largest absolute Gasteiger partial charge is 0.494 e. The Hall–Kier alpha value is -2.81. The van der Waals surface area contributed by atoms with E-state index in [1.807, 2.05) is 6.07 Å². The van der Waals surface area contributed by atoms with Gasteiger partial charge in [0.15, 0.2) is 5.78 Å². The molecule has 0 fully saturated rings. The van der Waals surface area contributed by atoms with Gasteiger partial charge in [0, 0.05) is 30.6 Å². The molecule has 5 nitrogen and oxygen atoms in total. The van der Waals surface area contributed by atoms with Gasteiger partial charge in [-0.15, -0.1) is 12.3 Å². The van der Waals surface area contributed by atoms with Crippen LogP contribution < -0.4 is 14.8 Å². The standard InChI is InChI=1S/C22H25NO4/c1-2-3-4-15-26-20-10-8-18(9-11-20)22(25)19-6-5-7-21(17-19)27-16-13-23-12-14-24/h1,5-11,17,23-24H,3-4,12-16H2. The predicted molar refractivity (Wildman–Crippen MR) is 105 cm³/mol. The van der Waals surface area contributed by atoms with Crippen molar-refractivity contribution in [1.82, 2.24) is 5.32 Å². The third-order valence-electron chi connectivity index (χ3n) is 3.78. The smallest absolute Gasteiger partial charge is 0.193 e. The Morgan fingerprint density at radius 3 is 2.52 bits per heavy atom. The van der Waals surface area contributed by atoms with Crippen LogP contribution in [0.3, 0.4) is 0 Å². The molecule has 0 spiro atoms. The van der Waals surface area contributed by atoms with Gasteiger partial charge in [-0.1, -0.05) is 12.1 Å². The Bertz CT molecular complexity index is 750. The van der Waals surface area contributed by atoms with Gasteiger partial charge in [-0.2, -0.15) is 0 Å².